The van der Waals surface area contributed by atoms with Gasteiger partial charge >= 0.3 is 17.1 Å². The van der Waals surface area contributed by atoms with Gasteiger partial charge in [0.2, 0.25) is 0 Å². The Hall–Kier alpha value is -7.32. The van der Waals surface area contributed by atoms with E-state index in [1.807, 2.05) is 48.5 Å². The van der Waals surface area contributed by atoms with Crippen LogP contribution in [0.4, 0.5) is 0 Å². The van der Waals surface area contributed by atoms with E-state index in [-0.39, 0.29) is 17.1 Å². The summed E-state index contributed by atoms with van der Waals surface area (Å²) in [5.41, 5.74) is 5.73. The fraction of sp³-hybridized carbons (Fsp3) is 0. The van der Waals surface area contributed by atoms with E-state index in [1.165, 1.54) is 0 Å². The topological polar surface area (TPSA) is 106 Å². The average molecular weight is 776 g/mol. The number of nitrogens with zero attached hydrogens (tertiary/aromatic N) is 8. The molecule has 2 aliphatic rings. The van der Waals surface area contributed by atoms with E-state index in [0.29, 0.717) is 45.9 Å². The zero-order valence-corrected chi connectivity index (χ0v) is 30.7. The fourth-order valence-corrected chi connectivity index (χ4v) is 8.73. The number of benzene rings is 8. The van der Waals surface area contributed by atoms with Crippen LogP contribution in [-0.4, -0.2) is 29.9 Å². The van der Waals surface area contributed by atoms with Crippen molar-refractivity contribution < 1.29 is 17.1 Å². The predicted molar refractivity (Wildman–Crippen MR) is 224 cm³/mol. The minimum Gasteiger partial charge on any atom is -0.357 e. The first-order valence-electron chi connectivity index (χ1n) is 18.5. The van der Waals surface area contributed by atoms with E-state index in [4.69, 9.17) is 39.9 Å². The molecule has 0 fully saturated rings. The molecule has 0 N–H and O–H groups in total. The van der Waals surface area contributed by atoms with Crippen molar-refractivity contribution in [1.29, 1.82) is 0 Å². The molecule has 0 unspecified atom stereocenters. The third-order valence-electron chi connectivity index (χ3n) is 11.3. The van der Waals surface area contributed by atoms with E-state index in [2.05, 4.69) is 97.1 Å². The number of rotatable bonds is 0. The molecule has 2 aliphatic heterocycles. The first-order valence-corrected chi connectivity index (χ1v) is 18.5. The van der Waals surface area contributed by atoms with Crippen LogP contribution in [0.25, 0.3) is 133 Å². The predicted octanol–water partition coefficient (Wildman–Crippen LogP) is 10.7. The van der Waals surface area contributed by atoms with Crippen molar-refractivity contribution in [3.05, 3.63) is 146 Å². The average Bonchev–Trinajstić information content (AvgIpc) is 3.99. The van der Waals surface area contributed by atoms with Gasteiger partial charge in [0.05, 0.1) is 23.3 Å². The monoisotopic (exact) mass is 775 g/mol. The molecule has 0 aliphatic carbocycles. The Kier molecular flexibility index (Phi) is 6.64. The third-order valence-corrected chi connectivity index (χ3v) is 11.3. The summed E-state index contributed by atoms with van der Waals surface area (Å²) in [6.07, 6.45) is 0. The van der Waals surface area contributed by atoms with Crippen molar-refractivity contribution in [2.24, 2.45) is 0 Å². The van der Waals surface area contributed by atoms with Gasteiger partial charge in [-0.15, -0.1) is 0 Å². The first-order chi connectivity index (χ1) is 27.7. The smallest absolute Gasteiger partial charge is 0.357 e. The van der Waals surface area contributed by atoms with Gasteiger partial charge in [-0.05, 0) is 53.9 Å². The molecule has 0 spiro atoms. The molecule has 0 amide bonds. The minimum atomic E-state index is 0. The Balaban J connectivity index is 0.00000356. The summed E-state index contributed by atoms with van der Waals surface area (Å²) in [6, 6.07) is 50.1. The molecular weight excluding hydrogens is 752 g/mol. The van der Waals surface area contributed by atoms with E-state index >= 15 is 0 Å². The maximum atomic E-state index is 5.33. The van der Waals surface area contributed by atoms with Gasteiger partial charge in [-0.1, -0.05) is 146 Å². The molecule has 8 aromatic carbocycles. The van der Waals surface area contributed by atoms with Crippen LogP contribution in [0, 0.1) is 0 Å². The Bertz CT molecular complexity index is 3490. The second-order valence-corrected chi connectivity index (χ2v) is 14.3. The van der Waals surface area contributed by atoms with Crippen LogP contribution in [0.5, 0.6) is 0 Å². The molecule has 8 nitrogen and oxygen atoms in total. The summed E-state index contributed by atoms with van der Waals surface area (Å²) in [4.78, 5) is 42.0. The van der Waals surface area contributed by atoms with Crippen LogP contribution in [0.2, 0.25) is 0 Å². The molecule has 13 rings (SSSR count). The summed E-state index contributed by atoms with van der Waals surface area (Å²) >= 11 is 0. The molecule has 11 aromatic rings. The zero-order chi connectivity index (χ0) is 36.5. The van der Waals surface area contributed by atoms with Gasteiger partial charge in [-0.3, -0.25) is 0 Å². The van der Waals surface area contributed by atoms with Crippen molar-refractivity contribution in [3.63, 3.8) is 0 Å². The Morgan fingerprint density at radius 2 is 0.632 bits per heavy atom. The van der Waals surface area contributed by atoms with Crippen molar-refractivity contribution in [2.45, 2.75) is 0 Å². The van der Waals surface area contributed by atoms with Crippen molar-refractivity contribution in [3.8, 4) is 45.6 Å². The molecule has 0 atom stereocenters. The Morgan fingerprint density at radius 3 is 1.07 bits per heavy atom. The number of hydrogen-bond acceptors (Lipinski definition) is 6. The Labute approximate surface area is 333 Å². The summed E-state index contributed by atoms with van der Waals surface area (Å²) < 4.78 is 0. The van der Waals surface area contributed by atoms with Gasteiger partial charge in [-0.2, -0.15) is 0 Å². The number of aromatic nitrogens is 8. The van der Waals surface area contributed by atoms with E-state index in [9.17, 15) is 0 Å². The van der Waals surface area contributed by atoms with Crippen LogP contribution in [0.15, 0.2) is 146 Å². The molecule has 8 bridgehead atoms. The van der Waals surface area contributed by atoms with Gasteiger partial charge in [0.1, 0.15) is 0 Å². The van der Waals surface area contributed by atoms with Crippen molar-refractivity contribution >= 4 is 87.2 Å². The number of fused-ring (bicyclic) bond motifs is 28. The van der Waals surface area contributed by atoms with Crippen LogP contribution in [-0.2, 0) is 17.1 Å². The van der Waals surface area contributed by atoms with E-state index in [1.54, 1.807) is 0 Å². The fourth-order valence-electron chi connectivity index (χ4n) is 8.73. The molecule has 267 valence electrons. The Morgan fingerprint density at radius 1 is 0.281 bits per heavy atom. The summed E-state index contributed by atoms with van der Waals surface area (Å²) in [6.45, 7) is 0. The van der Waals surface area contributed by atoms with Gasteiger partial charge < -0.3 is 29.9 Å². The quantitative estimate of drug-likeness (QED) is 0.140. The van der Waals surface area contributed by atoms with Gasteiger partial charge in [0.15, 0.2) is 0 Å². The summed E-state index contributed by atoms with van der Waals surface area (Å²) in [5, 5.41) is 12.1. The van der Waals surface area contributed by atoms with Crippen LogP contribution in [0.1, 0.15) is 0 Å². The molecule has 5 heterocycles. The maximum absolute atomic E-state index is 5.33. The van der Waals surface area contributed by atoms with Crippen LogP contribution < -0.4 is 9.97 Å². The van der Waals surface area contributed by atoms with Gasteiger partial charge in [0, 0.05) is 55.6 Å². The molecular formula is C48H24CuN8. The summed E-state index contributed by atoms with van der Waals surface area (Å²) in [7, 11) is 0. The minimum absolute atomic E-state index is 0. The number of hydrogen-bond donors (Lipinski definition) is 0. The normalized spacial score (nSPS) is 12.1. The largest absolute Gasteiger partial charge is 2.00 e. The molecule has 0 saturated heterocycles. The zero-order valence-electron chi connectivity index (χ0n) is 29.7. The second-order valence-electron chi connectivity index (χ2n) is 14.3. The van der Waals surface area contributed by atoms with Crippen LogP contribution >= 0.6 is 0 Å². The van der Waals surface area contributed by atoms with E-state index < -0.39 is 0 Å². The van der Waals surface area contributed by atoms with Crippen molar-refractivity contribution in [2.75, 3.05) is 0 Å². The van der Waals surface area contributed by atoms with E-state index in [0.717, 1.165) is 86.9 Å². The molecule has 1 radical (unpaired) electrons. The van der Waals surface area contributed by atoms with Crippen LogP contribution in [0.3, 0.4) is 0 Å². The maximum Gasteiger partial charge on any atom is 2.00 e. The third kappa shape index (κ3) is 4.55. The first kappa shape index (κ1) is 32.0. The summed E-state index contributed by atoms with van der Waals surface area (Å²) in [5.74, 6) is 2.15. The SMILES string of the molecule is [Cu+2].c1ccc2c3c(ccc2c1)-c1nc-3nc2[n-]c(nc3nc(nc4[n-]c(n1)c1ccc5ccccc5c41)-c1c-3ccc3ccccc13)c1ccc3ccccc3c21. The van der Waals surface area contributed by atoms with Crippen molar-refractivity contribution in [1.82, 2.24) is 39.9 Å². The van der Waals surface area contributed by atoms with Gasteiger partial charge in [-0.25, -0.2) is 9.97 Å². The van der Waals surface area contributed by atoms with Gasteiger partial charge in [0.25, 0.3) is 0 Å². The second kappa shape index (κ2) is 11.8. The molecule has 9 heteroatoms. The molecule has 3 aromatic heterocycles. The molecule has 0 saturated carbocycles. The standard InChI is InChI=1S/C48H24N8.Cu/c1-5-13-29-25(9-1)17-21-33-37(29)45-51-41(33)49-42-35-23-19-27-11-3-7-15-31(27)39(35)47(53-42)56-48-40-32-16-8-4-12-28(32)20-24-36(40)44(54-48)50-43-34-22-18-26-10-2-6-14-30(26)38(34)46(52-43)55-45;/h1-24H;/q-2;+2. The molecule has 57 heavy (non-hydrogen) atoms.